The lowest BCUT2D eigenvalue weighted by molar-refractivity contribution is 1.00. The molecule has 0 atom stereocenters. The third kappa shape index (κ3) is 1.28. The Morgan fingerprint density at radius 3 is 2.90 bits per heavy atom. The second-order valence-corrected chi connectivity index (χ2v) is 2.14. The van der Waals surface area contributed by atoms with E-state index in [-0.39, 0.29) is 0 Å². The minimum atomic E-state index is 0.322. The highest BCUT2D eigenvalue weighted by molar-refractivity contribution is 8.02. The van der Waals surface area contributed by atoms with Gasteiger partial charge < -0.3 is 0 Å². The van der Waals surface area contributed by atoms with Crippen molar-refractivity contribution >= 4 is 11.9 Å². The van der Waals surface area contributed by atoms with Crippen LogP contribution < -0.4 is 0 Å². The number of hydrogen-bond acceptors (Lipinski definition) is 4. The highest BCUT2D eigenvalue weighted by Gasteiger charge is 1.94. The Labute approximate surface area is 61.8 Å². The fourth-order valence-electron chi connectivity index (χ4n) is 0.460. The fourth-order valence-corrected chi connectivity index (χ4v) is 0.794. The second kappa shape index (κ2) is 2.90. The van der Waals surface area contributed by atoms with Crippen molar-refractivity contribution in [2.45, 2.75) is 0 Å². The molecular formula is C5H2N4S. The van der Waals surface area contributed by atoms with Crippen LogP contribution >= 0.6 is 11.9 Å². The van der Waals surface area contributed by atoms with E-state index >= 15 is 0 Å². The summed E-state index contributed by atoms with van der Waals surface area (Å²) in [7, 11) is 0. The van der Waals surface area contributed by atoms with Crippen molar-refractivity contribution < 1.29 is 0 Å². The Bertz CT molecular complexity index is 302. The monoisotopic (exact) mass is 150 g/mol. The van der Waals surface area contributed by atoms with Crippen molar-refractivity contribution in [3.8, 4) is 11.5 Å². The largest absolute Gasteiger partial charge is 0.198 e. The van der Waals surface area contributed by atoms with Crippen molar-refractivity contribution in [2.24, 2.45) is 0 Å². The lowest BCUT2D eigenvalue weighted by Gasteiger charge is -1.83. The molecule has 10 heavy (non-hydrogen) atoms. The van der Waals surface area contributed by atoms with Crippen LogP contribution in [0.25, 0.3) is 0 Å². The predicted molar refractivity (Wildman–Crippen MR) is 35.5 cm³/mol. The lowest BCUT2D eigenvalue weighted by Crippen LogP contribution is -1.84. The second-order valence-electron chi connectivity index (χ2n) is 1.40. The number of nitriles is 2. The van der Waals surface area contributed by atoms with Gasteiger partial charge in [-0.25, -0.2) is 0 Å². The number of thiocyanates is 1. The summed E-state index contributed by atoms with van der Waals surface area (Å²) in [5.41, 5.74) is 0.322. The molecule has 0 aromatic carbocycles. The van der Waals surface area contributed by atoms with Crippen molar-refractivity contribution in [3.05, 3.63) is 18.0 Å². The molecule has 0 fully saturated rings. The van der Waals surface area contributed by atoms with Gasteiger partial charge in [0.15, 0.2) is 11.1 Å². The molecule has 0 radical (unpaired) electrons. The summed E-state index contributed by atoms with van der Waals surface area (Å²) in [6.45, 7) is 0. The summed E-state index contributed by atoms with van der Waals surface area (Å²) >= 11 is 0.871. The summed E-state index contributed by atoms with van der Waals surface area (Å²) < 4.78 is 1.33. The third-order valence-corrected chi connectivity index (χ3v) is 1.29. The molecule has 0 aliphatic carbocycles. The van der Waals surface area contributed by atoms with E-state index in [1.165, 1.54) is 4.09 Å². The summed E-state index contributed by atoms with van der Waals surface area (Å²) in [6.07, 6.45) is 1.56. The first-order chi connectivity index (χ1) is 4.86. The van der Waals surface area contributed by atoms with Crippen LogP contribution in [0.15, 0.2) is 12.3 Å². The van der Waals surface area contributed by atoms with E-state index in [0.717, 1.165) is 11.9 Å². The quantitative estimate of drug-likeness (QED) is 0.553. The third-order valence-electron chi connectivity index (χ3n) is 0.815. The predicted octanol–water partition coefficient (Wildman–Crippen LogP) is 0.732. The minimum absolute atomic E-state index is 0.322. The van der Waals surface area contributed by atoms with Gasteiger partial charge in [0.2, 0.25) is 0 Å². The van der Waals surface area contributed by atoms with Gasteiger partial charge in [-0.2, -0.15) is 19.7 Å². The minimum Gasteiger partial charge on any atom is -0.198 e. The van der Waals surface area contributed by atoms with Gasteiger partial charge in [-0.15, -0.1) is 0 Å². The molecule has 5 heteroatoms. The lowest BCUT2D eigenvalue weighted by atomic mass is 10.5. The van der Waals surface area contributed by atoms with Crippen LogP contribution in [-0.2, 0) is 0 Å². The molecule has 1 aromatic heterocycles. The molecule has 0 spiro atoms. The highest BCUT2D eigenvalue weighted by atomic mass is 32.2. The molecule has 1 heterocycles. The van der Waals surface area contributed by atoms with E-state index in [4.69, 9.17) is 10.5 Å². The molecule has 4 nitrogen and oxygen atoms in total. The topological polar surface area (TPSA) is 65.4 Å². The highest BCUT2D eigenvalue weighted by Crippen LogP contribution is 2.02. The maximum absolute atomic E-state index is 8.30. The van der Waals surface area contributed by atoms with Gasteiger partial charge in [0.05, 0.1) is 11.9 Å². The van der Waals surface area contributed by atoms with E-state index in [0.29, 0.717) is 5.69 Å². The zero-order chi connectivity index (χ0) is 7.40. The zero-order valence-electron chi connectivity index (χ0n) is 4.85. The number of aromatic nitrogens is 2. The normalized spacial score (nSPS) is 8.20. The maximum Gasteiger partial charge on any atom is 0.163 e. The summed E-state index contributed by atoms with van der Waals surface area (Å²) in [6, 6.07) is 3.40. The molecule has 1 rings (SSSR count). The SMILES string of the molecule is N#CSn1ccc(C#N)n1. The molecule has 48 valence electrons. The van der Waals surface area contributed by atoms with E-state index in [1.54, 1.807) is 12.3 Å². The Kier molecular flexibility index (Phi) is 1.93. The molecular weight excluding hydrogens is 148 g/mol. The first-order valence-electron chi connectivity index (χ1n) is 2.39. The van der Waals surface area contributed by atoms with Crippen molar-refractivity contribution in [1.29, 1.82) is 10.5 Å². The first-order valence-corrected chi connectivity index (χ1v) is 3.16. The molecule has 0 saturated carbocycles. The summed E-state index contributed by atoms with van der Waals surface area (Å²) in [4.78, 5) is 0. The van der Waals surface area contributed by atoms with E-state index in [9.17, 15) is 0 Å². The first kappa shape index (κ1) is 6.66. The molecule has 0 N–H and O–H groups in total. The van der Waals surface area contributed by atoms with Crippen molar-refractivity contribution in [3.63, 3.8) is 0 Å². The van der Waals surface area contributed by atoms with E-state index in [2.05, 4.69) is 5.10 Å². The van der Waals surface area contributed by atoms with Crippen LogP contribution in [0, 0.1) is 22.0 Å². The van der Waals surface area contributed by atoms with Crippen LogP contribution in [0.4, 0.5) is 0 Å². The van der Waals surface area contributed by atoms with Crippen LogP contribution in [0.1, 0.15) is 5.69 Å². The Hall–Kier alpha value is -1.46. The molecule has 0 saturated heterocycles. The van der Waals surface area contributed by atoms with Crippen LogP contribution in [-0.4, -0.2) is 9.19 Å². The molecule has 1 aromatic rings. The molecule has 0 amide bonds. The van der Waals surface area contributed by atoms with Gasteiger partial charge in [0.1, 0.15) is 6.07 Å². The Balaban J connectivity index is 2.83. The van der Waals surface area contributed by atoms with Gasteiger partial charge in [0.25, 0.3) is 0 Å². The van der Waals surface area contributed by atoms with Gasteiger partial charge >= 0.3 is 0 Å². The average Bonchev–Trinajstić information content (AvgIpc) is 2.37. The standard InChI is InChI=1S/C5H2N4S/c6-3-5-1-2-9(8-5)10-4-7/h1-2H. The van der Waals surface area contributed by atoms with Crippen LogP contribution in [0.2, 0.25) is 0 Å². The van der Waals surface area contributed by atoms with Crippen LogP contribution in [0.3, 0.4) is 0 Å². The maximum atomic E-state index is 8.30. The molecule has 0 unspecified atom stereocenters. The molecule has 0 aliphatic heterocycles. The van der Waals surface area contributed by atoms with Crippen molar-refractivity contribution in [1.82, 2.24) is 9.19 Å². The zero-order valence-corrected chi connectivity index (χ0v) is 5.67. The number of hydrogen-bond donors (Lipinski definition) is 0. The fraction of sp³-hybridized carbons (Fsp3) is 0. The van der Waals surface area contributed by atoms with Gasteiger partial charge in [-0.1, -0.05) is 0 Å². The van der Waals surface area contributed by atoms with Crippen LogP contribution in [0.5, 0.6) is 0 Å². The Morgan fingerprint density at radius 1 is 1.60 bits per heavy atom. The number of rotatable bonds is 1. The Morgan fingerprint density at radius 2 is 2.40 bits per heavy atom. The number of nitrogens with zero attached hydrogens (tertiary/aromatic N) is 4. The smallest absolute Gasteiger partial charge is 0.163 e. The van der Waals surface area contributed by atoms with Gasteiger partial charge in [-0.3, -0.25) is 0 Å². The average molecular weight is 150 g/mol. The summed E-state index contributed by atoms with van der Waals surface area (Å²) in [5.74, 6) is 0. The molecule has 0 bridgehead atoms. The van der Waals surface area contributed by atoms with Gasteiger partial charge in [-0.05, 0) is 6.07 Å². The van der Waals surface area contributed by atoms with Gasteiger partial charge in [0, 0.05) is 6.20 Å². The van der Waals surface area contributed by atoms with E-state index in [1.807, 2.05) is 11.5 Å². The van der Waals surface area contributed by atoms with E-state index < -0.39 is 0 Å². The molecule has 0 aliphatic rings. The summed E-state index contributed by atoms with van der Waals surface area (Å²) in [5, 5.41) is 22.0. The van der Waals surface area contributed by atoms with Crippen molar-refractivity contribution in [2.75, 3.05) is 0 Å².